The minimum atomic E-state index is -0.204. The van der Waals surface area contributed by atoms with Gasteiger partial charge in [0.2, 0.25) is 0 Å². The molecule has 0 aliphatic rings. The number of carbonyl (C=O) groups excluding carboxylic acids is 1. The first-order valence-corrected chi connectivity index (χ1v) is 7.08. The number of benzene rings is 1. The summed E-state index contributed by atoms with van der Waals surface area (Å²) in [6.45, 7) is 4.06. The second-order valence-electron chi connectivity index (χ2n) is 4.18. The summed E-state index contributed by atoms with van der Waals surface area (Å²) in [5.41, 5.74) is 2.54. The molecule has 5 nitrogen and oxygen atoms in total. The number of aromatic nitrogens is 1. The van der Waals surface area contributed by atoms with Gasteiger partial charge in [-0.1, -0.05) is 0 Å². The number of rotatable bonds is 5. The van der Waals surface area contributed by atoms with E-state index in [1.807, 2.05) is 6.92 Å². The predicted molar refractivity (Wildman–Crippen MR) is 78.3 cm³/mol. The van der Waals surface area contributed by atoms with Crippen molar-refractivity contribution >= 4 is 23.1 Å². The van der Waals surface area contributed by atoms with Crippen molar-refractivity contribution < 1.29 is 14.6 Å². The number of aliphatic hydroxyl groups is 1. The van der Waals surface area contributed by atoms with Crippen molar-refractivity contribution in [2.75, 3.05) is 11.9 Å². The maximum atomic E-state index is 12.1. The molecule has 1 aromatic carbocycles. The van der Waals surface area contributed by atoms with Crippen LogP contribution in [0.1, 0.15) is 28.5 Å². The molecule has 0 spiro atoms. The third kappa shape index (κ3) is 3.15. The number of aryl methyl sites for hydroxylation is 1. The first-order valence-electron chi connectivity index (χ1n) is 6.24. The average Bonchev–Trinajstić information content (AvgIpc) is 2.87. The van der Waals surface area contributed by atoms with Gasteiger partial charge in [-0.25, -0.2) is 0 Å². The van der Waals surface area contributed by atoms with E-state index in [9.17, 15) is 9.90 Å². The Hall–Kier alpha value is -1.92. The number of carbonyl (C=O) groups is 1. The largest absolute Gasteiger partial charge is 0.494 e. The van der Waals surface area contributed by atoms with Gasteiger partial charge in [0.15, 0.2) is 0 Å². The molecule has 0 atom stereocenters. The van der Waals surface area contributed by atoms with Crippen molar-refractivity contribution in [3.05, 3.63) is 40.4 Å². The number of aliphatic hydroxyl groups excluding tert-OH is 1. The number of hydrogen-bond acceptors (Lipinski definition) is 5. The van der Waals surface area contributed by atoms with E-state index in [1.165, 1.54) is 11.5 Å². The predicted octanol–water partition coefficient (Wildman–Crippen LogP) is 2.59. The summed E-state index contributed by atoms with van der Waals surface area (Å²) in [5.74, 6) is 0.422. The third-order valence-electron chi connectivity index (χ3n) is 2.78. The van der Waals surface area contributed by atoms with Gasteiger partial charge in [0.05, 0.1) is 24.5 Å². The molecule has 0 radical (unpaired) electrons. The normalized spacial score (nSPS) is 10.3. The summed E-state index contributed by atoms with van der Waals surface area (Å²) >= 11 is 1.25. The molecule has 1 amide bonds. The highest BCUT2D eigenvalue weighted by atomic mass is 32.1. The van der Waals surface area contributed by atoms with Crippen LogP contribution in [0.3, 0.4) is 0 Å². The monoisotopic (exact) mass is 292 g/mol. The molecule has 0 aliphatic carbocycles. The molecule has 1 heterocycles. The zero-order valence-corrected chi connectivity index (χ0v) is 12.2. The van der Waals surface area contributed by atoms with E-state index in [1.54, 1.807) is 30.5 Å². The first-order chi connectivity index (χ1) is 9.65. The quantitative estimate of drug-likeness (QED) is 0.888. The molecule has 2 aromatic rings. The Balaban J connectivity index is 2.18. The molecule has 2 rings (SSSR count). The van der Waals surface area contributed by atoms with Crippen molar-refractivity contribution in [3.8, 4) is 5.75 Å². The Kier molecular flexibility index (Phi) is 4.70. The molecular formula is C14H16N2O3S. The summed E-state index contributed by atoms with van der Waals surface area (Å²) in [6.07, 6.45) is 0. The molecular weight excluding hydrogens is 276 g/mol. The summed E-state index contributed by atoms with van der Waals surface area (Å²) in [7, 11) is 0. The molecule has 0 aliphatic heterocycles. The van der Waals surface area contributed by atoms with E-state index >= 15 is 0 Å². The van der Waals surface area contributed by atoms with Gasteiger partial charge in [-0.3, -0.25) is 4.79 Å². The van der Waals surface area contributed by atoms with Gasteiger partial charge in [-0.2, -0.15) is 4.37 Å². The van der Waals surface area contributed by atoms with E-state index in [2.05, 4.69) is 9.69 Å². The van der Waals surface area contributed by atoms with Crippen LogP contribution in [0.25, 0.3) is 0 Å². The van der Waals surface area contributed by atoms with Gasteiger partial charge in [-0.05, 0) is 43.6 Å². The second kappa shape index (κ2) is 6.49. The first kappa shape index (κ1) is 14.5. The van der Waals surface area contributed by atoms with Crippen LogP contribution in [0.15, 0.2) is 23.6 Å². The fourth-order valence-electron chi connectivity index (χ4n) is 1.79. The van der Waals surface area contributed by atoms with Crippen molar-refractivity contribution in [3.63, 3.8) is 0 Å². The van der Waals surface area contributed by atoms with Crippen LogP contribution in [-0.4, -0.2) is 22.0 Å². The molecule has 0 unspecified atom stereocenters. The Morgan fingerprint density at radius 1 is 1.50 bits per heavy atom. The Morgan fingerprint density at radius 3 is 2.90 bits per heavy atom. The van der Waals surface area contributed by atoms with Crippen LogP contribution >= 0.6 is 11.5 Å². The number of ether oxygens (including phenoxy) is 1. The highest BCUT2D eigenvalue weighted by molar-refractivity contribution is 7.04. The maximum absolute atomic E-state index is 12.1. The van der Waals surface area contributed by atoms with Crippen LogP contribution < -0.4 is 10.1 Å². The Morgan fingerprint density at radius 2 is 2.30 bits per heavy atom. The van der Waals surface area contributed by atoms with Gasteiger partial charge in [0.25, 0.3) is 5.91 Å². The minimum Gasteiger partial charge on any atom is -0.494 e. The highest BCUT2D eigenvalue weighted by Gasteiger charge is 2.12. The standard InChI is InChI=1S/C14H16N2O3S/c1-3-19-13-5-4-11(6-10(13)7-17)15-14(18)12-8-20-16-9(12)2/h4-6,8,17H,3,7H2,1-2H3,(H,15,18). The molecule has 0 bridgehead atoms. The number of amides is 1. The number of nitrogens with zero attached hydrogens (tertiary/aromatic N) is 1. The number of anilines is 1. The van der Waals surface area contributed by atoms with Crippen molar-refractivity contribution in [2.45, 2.75) is 20.5 Å². The Bertz CT molecular complexity index is 610. The molecule has 1 aromatic heterocycles. The van der Waals surface area contributed by atoms with Crippen molar-refractivity contribution in [2.24, 2.45) is 0 Å². The van der Waals surface area contributed by atoms with Gasteiger partial charge in [0.1, 0.15) is 5.75 Å². The van der Waals surface area contributed by atoms with Crippen LogP contribution in [0.2, 0.25) is 0 Å². The van der Waals surface area contributed by atoms with Gasteiger partial charge < -0.3 is 15.2 Å². The van der Waals surface area contributed by atoms with E-state index < -0.39 is 0 Å². The Labute approximate surface area is 121 Å². The second-order valence-corrected chi connectivity index (χ2v) is 4.81. The zero-order chi connectivity index (χ0) is 14.5. The maximum Gasteiger partial charge on any atom is 0.258 e. The molecule has 2 N–H and O–H groups in total. The summed E-state index contributed by atoms with van der Waals surface area (Å²) in [6, 6.07) is 5.19. The fraction of sp³-hybridized carbons (Fsp3) is 0.286. The lowest BCUT2D eigenvalue weighted by atomic mass is 10.1. The molecule has 0 saturated heterocycles. The topological polar surface area (TPSA) is 71.5 Å². The minimum absolute atomic E-state index is 0.141. The van der Waals surface area contributed by atoms with Crippen molar-refractivity contribution in [1.82, 2.24) is 4.37 Å². The molecule has 6 heteroatoms. The van der Waals surface area contributed by atoms with E-state index in [0.717, 1.165) is 0 Å². The lowest BCUT2D eigenvalue weighted by Crippen LogP contribution is -2.12. The van der Waals surface area contributed by atoms with Gasteiger partial charge in [-0.15, -0.1) is 0 Å². The zero-order valence-electron chi connectivity index (χ0n) is 11.3. The van der Waals surface area contributed by atoms with E-state index in [-0.39, 0.29) is 12.5 Å². The molecule has 0 saturated carbocycles. The lowest BCUT2D eigenvalue weighted by molar-refractivity contribution is 0.102. The number of hydrogen-bond donors (Lipinski definition) is 2. The average molecular weight is 292 g/mol. The van der Waals surface area contributed by atoms with Crippen molar-refractivity contribution in [1.29, 1.82) is 0 Å². The smallest absolute Gasteiger partial charge is 0.258 e. The summed E-state index contributed by atoms with van der Waals surface area (Å²) in [4.78, 5) is 12.1. The van der Waals surface area contributed by atoms with Crippen LogP contribution in [-0.2, 0) is 6.61 Å². The van der Waals surface area contributed by atoms with Gasteiger partial charge >= 0.3 is 0 Å². The van der Waals surface area contributed by atoms with Crippen LogP contribution in [0.4, 0.5) is 5.69 Å². The summed E-state index contributed by atoms with van der Waals surface area (Å²) < 4.78 is 9.47. The third-order valence-corrected chi connectivity index (χ3v) is 3.50. The molecule has 106 valence electrons. The van der Waals surface area contributed by atoms with Crippen LogP contribution in [0.5, 0.6) is 5.75 Å². The van der Waals surface area contributed by atoms with E-state index in [0.29, 0.717) is 34.9 Å². The lowest BCUT2D eigenvalue weighted by Gasteiger charge is -2.11. The van der Waals surface area contributed by atoms with Crippen LogP contribution in [0, 0.1) is 6.92 Å². The summed E-state index contributed by atoms with van der Waals surface area (Å²) in [5, 5.41) is 13.8. The fourth-order valence-corrected chi connectivity index (χ4v) is 2.48. The van der Waals surface area contributed by atoms with Gasteiger partial charge in [0, 0.05) is 16.6 Å². The highest BCUT2D eigenvalue weighted by Crippen LogP contribution is 2.23. The van der Waals surface area contributed by atoms with E-state index in [4.69, 9.17) is 4.74 Å². The number of nitrogens with one attached hydrogen (secondary N) is 1. The molecule has 0 fully saturated rings. The molecule has 20 heavy (non-hydrogen) atoms. The SMILES string of the molecule is CCOc1ccc(NC(=O)c2csnc2C)cc1CO.